The predicted octanol–water partition coefficient (Wildman–Crippen LogP) is -3.46. The molecule has 0 fully saturated rings. The Labute approximate surface area is 79.2 Å². The smallest absolute Gasteiger partial charge is 0.437 e. The summed E-state index contributed by atoms with van der Waals surface area (Å²) in [6.07, 6.45) is 0. The Balaban J connectivity index is 0.000001000. The Morgan fingerprint density at radius 3 is 2.45 bits per heavy atom. The third-order valence-corrected chi connectivity index (χ3v) is 2.57. The van der Waals surface area contributed by atoms with Crippen LogP contribution in [0.5, 0.6) is 0 Å². The van der Waals surface area contributed by atoms with Crippen molar-refractivity contribution in [3.05, 3.63) is 0 Å². The summed E-state index contributed by atoms with van der Waals surface area (Å²) in [5, 5.41) is 1.00. The third kappa shape index (κ3) is 2.32. The van der Waals surface area contributed by atoms with E-state index >= 15 is 0 Å². The molecule has 11 heavy (non-hydrogen) atoms. The largest absolute Gasteiger partial charge is 1.00 e. The van der Waals surface area contributed by atoms with Crippen molar-refractivity contribution >= 4 is 16.9 Å². The van der Waals surface area contributed by atoms with E-state index in [2.05, 4.69) is 18.4 Å². The Morgan fingerprint density at radius 1 is 1.55 bits per heavy atom. The molecule has 1 N–H and O–H groups in total. The van der Waals surface area contributed by atoms with Gasteiger partial charge in [0, 0.05) is 0 Å². The first-order chi connectivity index (χ1) is 4.79. The lowest BCUT2D eigenvalue weighted by Gasteiger charge is -1.99. The minimum absolute atomic E-state index is 0. The van der Waals surface area contributed by atoms with Gasteiger partial charge in [0.1, 0.15) is 13.1 Å². The highest BCUT2D eigenvalue weighted by atomic mass is 35.5. The molecule has 0 amide bonds. The van der Waals surface area contributed by atoms with E-state index in [0.717, 1.165) is 24.9 Å². The zero-order chi connectivity index (χ0) is 7.56. The van der Waals surface area contributed by atoms with Crippen LogP contribution in [0.3, 0.4) is 0 Å². The predicted molar refractivity (Wildman–Crippen MR) is 42.9 cm³/mol. The summed E-state index contributed by atoms with van der Waals surface area (Å²) in [6.45, 7) is 8.75. The van der Waals surface area contributed by atoms with Crippen molar-refractivity contribution in [3.8, 4) is 0 Å². The molecule has 4 heteroatoms. The lowest BCUT2D eigenvalue weighted by atomic mass is 10.5. The molecule has 0 radical (unpaired) electrons. The number of hydrogen-bond acceptors (Lipinski definition) is 0. The molecule has 1 aliphatic heterocycles. The first-order valence-corrected chi connectivity index (χ1v) is 4.29. The second kappa shape index (κ2) is 4.96. The monoisotopic (exact) mass is 197 g/mol. The zero-order valence-corrected chi connectivity index (χ0v) is 8.54. The third-order valence-electron chi connectivity index (χ3n) is 2.06. The van der Waals surface area contributed by atoms with E-state index in [4.69, 9.17) is 11.6 Å². The first kappa shape index (κ1) is 11.2. The molecule has 0 aliphatic carbocycles. The maximum atomic E-state index is 6.05. The molecule has 66 valence electrons. The van der Waals surface area contributed by atoms with Crippen LogP contribution in [0.2, 0.25) is 0 Å². The van der Waals surface area contributed by atoms with E-state index in [9.17, 15) is 0 Å². The number of quaternary nitrogens is 1. The molecular formula is C7H15Cl2N2+. The number of likely N-dealkylation sites (N-methyl/N-ethyl adjacent to an activating group) is 2. The zero-order valence-electron chi connectivity index (χ0n) is 7.03. The number of halogens is 2. The minimum atomic E-state index is 0. The van der Waals surface area contributed by atoms with Gasteiger partial charge in [0.15, 0.2) is 6.54 Å². The standard InChI is InChI=1S/C7H14ClN2.ClH/c1-3-9-5-6-10(4-2)7(9)8;/h3-6H2,1-2H3;1H/q+1;. The van der Waals surface area contributed by atoms with Gasteiger partial charge in [0.05, 0.1) is 18.1 Å². The Kier molecular flexibility index (Phi) is 5.06. The van der Waals surface area contributed by atoms with Crippen molar-refractivity contribution in [1.29, 1.82) is 0 Å². The van der Waals surface area contributed by atoms with E-state index < -0.39 is 0 Å². The quantitative estimate of drug-likeness (QED) is 0.348. The number of rotatable bonds is 2. The van der Waals surface area contributed by atoms with Gasteiger partial charge >= 0.3 is 5.29 Å². The molecule has 0 aromatic heterocycles. The van der Waals surface area contributed by atoms with Gasteiger partial charge in [-0.1, -0.05) is 0 Å². The number of nitrogens with one attached hydrogen (secondary N) is 1. The van der Waals surface area contributed by atoms with Crippen LogP contribution in [0.15, 0.2) is 0 Å². The average Bonchev–Trinajstić information content (AvgIpc) is 2.30. The molecule has 1 unspecified atom stereocenters. The molecule has 0 saturated carbocycles. The van der Waals surface area contributed by atoms with Crippen LogP contribution in [0.4, 0.5) is 0 Å². The van der Waals surface area contributed by atoms with Gasteiger partial charge in [-0.15, -0.1) is 0 Å². The van der Waals surface area contributed by atoms with E-state index in [1.807, 2.05) is 0 Å². The Hall–Kier alpha value is 0.210. The summed E-state index contributed by atoms with van der Waals surface area (Å²) in [7, 11) is 0. The molecule has 1 atom stereocenters. The van der Waals surface area contributed by atoms with E-state index in [0.29, 0.717) is 0 Å². The van der Waals surface area contributed by atoms with Crippen LogP contribution < -0.4 is 17.3 Å². The van der Waals surface area contributed by atoms with Crippen molar-refractivity contribution < 1.29 is 21.9 Å². The van der Waals surface area contributed by atoms with Crippen LogP contribution in [0.1, 0.15) is 13.8 Å². The summed E-state index contributed by atoms with van der Waals surface area (Å²) in [4.78, 5) is 1.42. The second-order valence-electron chi connectivity index (χ2n) is 2.58. The first-order valence-electron chi connectivity index (χ1n) is 3.92. The fraction of sp³-hybridized carbons (Fsp3) is 0.857. The molecule has 1 rings (SSSR count). The van der Waals surface area contributed by atoms with Crippen molar-refractivity contribution in [2.24, 2.45) is 0 Å². The highest BCUT2D eigenvalue weighted by molar-refractivity contribution is 6.60. The van der Waals surface area contributed by atoms with Gasteiger partial charge < -0.3 is 12.4 Å². The van der Waals surface area contributed by atoms with Crippen molar-refractivity contribution in [1.82, 2.24) is 0 Å². The Morgan fingerprint density at radius 2 is 2.18 bits per heavy atom. The topological polar surface area (TPSA) is 7.45 Å². The molecule has 0 aromatic rings. The van der Waals surface area contributed by atoms with Gasteiger partial charge in [0.25, 0.3) is 0 Å². The van der Waals surface area contributed by atoms with Gasteiger partial charge in [-0.3, -0.25) is 0 Å². The minimum Gasteiger partial charge on any atom is -1.00 e. The summed E-state index contributed by atoms with van der Waals surface area (Å²) in [5.74, 6) is 0. The van der Waals surface area contributed by atoms with Gasteiger partial charge in [-0.05, 0) is 13.8 Å². The summed E-state index contributed by atoms with van der Waals surface area (Å²) < 4.78 is 2.22. The van der Waals surface area contributed by atoms with E-state index in [1.165, 1.54) is 11.4 Å². The van der Waals surface area contributed by atoms with Crippen LogP contribution in [0, 0.1) is 0 Å². The molecule has 2 nitrogen and oxygen atoms in total. The van der Waals surface area contributed by atoms with Crippen molar-refractivity contribution in [2.45, 2.75) is 13.8 Å². The number of amidine groups is 1. The summed E-state index contributed by atoms with van der Waals surface area (Å²) in [5.41, 5.74) is 0. The van der Waals surface area contributed by atoms with Crippen molar-refractivity contribution in [3.63, 3.8) is 0 Å². The van der Waals surface area contributed by atoms with Crippen LogP contribution >= 0.6 is 11.6 Å². The highest BCUT2D eigenvalue weighted by Crippen LogP contribution is 1.85. The molecule has 0 aromatic carbocycles. The van der Waals surface area contributed by atoms with Crippen molar-refractivity contribution in [2.75, 3.05) is 26.2 Å². The van der Waals surface area contributed by atoms with Crippen LogP contribution in [-0.4, -0.2) is 36.0 Å². The molecular weight excluding hydrogens is 183 g/mol. The fourth-order valence-electron chi connectivity index (χ4n) is 1.31. The lowest BCUT2D eigenvalue weighted by Crippen LogP contribution is -3.12. The van der Waals surface area contributed by atoms with Gasteiger partial charge in [0.2, 0.25) is 0 Å². The Bertz CT molecular complexity index is 157. The van der Waals surface area contributed by atoms with Gasteiger partial charge in [-0.25, -0.2) is 4.90 Å². The maximum absolute atomic E-state index is 6.05. The highest BCUT2D eigenvalue weighted by Gasteiger charge is 2.30. The maximum Gasteiger partial charge on any atom is 0.437 e. The molecule has 1 heterocycles. The molecule has 0 spiro atoms. The second-order valence-corrected chi connectivity index (χ2v) is 2.94. The number of hydrogen-bond donors (Lipinski definition) is 1. The van der Waals surface area contributed by atoms with Crippen LogP contribution in [-0.2, 0) is 0 Å². The molecule has 1 aliphatic rings. The van der Waals surface area contributed by atoms with E-state index in [1.54, 1.807) is 0 Å². The van der Waals surface area contributed by atoms with Gasteiger partial charge in [-0.2, -0.15) is 4.58 Å². The van der Waals surface area contributed by atoms with E-state index in [-0.39, 0.29) is 12.4 Å². The molecule has 0 saturated heterocycles. The molecule has 0 bridgehead atoms. The summed E-state index contributed by atoms with van der Waals surface area (Å²) >= 11 is 6.05. The fourth-order valence-corrected chi connectivity index (χ4v) is 1.75. The normalized spacial score (nSPS) is 23.7. The van der Waals surface area contributed by atoms with Crippen LogP contribution in [0.25, 0.3) is 0 Å². The summed E-state index contributed by atoms with van der Waals surface area (Å²) in [6, 6.07) is 0. The lowest BCUT2D eigenvalue weighted by molar-refractivity contribution is -0.795. The SMILES string of the molecule is CC[N+]1=C(Cl)[NH+](CC)CC1.[Cl-]. The number of nitrogens with zero attached hydrogens (tertiary/aromatic N) is 1. The average molecular weight is 198 g/mol.